The van der Waals surface area contributed by atoms with Crippen LogP contribution in [0, 0.1) is 11.3 Å². The first-order valence-corrected chi connectivity index (χ1v) is 10.0. The molecular formula is C16H11F2N4O4PS. The number of carbonyl (C=O) groups is 1. The Morgan fingerprint density at radius 1 is 1.36 bits per heavy atom. The minimum atomic E-state index is -5.83. The summed E-state index contributed by atoms with van der Waals surface area (Å²) in [6, 6.07) is 8.80. The molecule has 0 radical (unpaired) electrons. The Balaban J connectivity index is 1.96. The van der Waals surface area contributed by atoms with Gasteiger partial charge in [-0.1, -0.05) is 0 Å². The number of rotatable bonds is 5. The smallest absolute Gasteiger partial charge is 0.346 e. The standard InChI is InChI=1S/C16H11F2N4O4PS/c17-16(18,27(24,25)26)14-12(7-19)11-6-9(3-4-13(11)28-14)15(23)20-8-10-2-1-5-21-22-10/h1-6H,8H2,(H,20,23)(H2,24,25,26). The van der Waals surface area contributed by atoms with Crippen LogP contribution in [0.25, 0.3) is 10.1 Å². The monoisotopic (exact) mass is 424 g/mol. The van der Waals surface area contributed by atoms with Gasteiger partial charge in [-0.2, -0.15) is 24.2 Å². The molecule has 0 aliphatic rings. The zero-order chi connectivity index (χ0) is 20.5. The first kappa shape index (κ1) is 20.0. The van der Waals surface area contributed by atoms with Crippen LogP contribution in [0.4, 0.5) is 8.78 Å². The summed E-state index contributed by atoms with van der Waals surface area (Å²) in [6.07, 6.45) is 1.48. The average molecular weight is 424 g/mol. The molecule has 0 spiro atoms. The molecule has 8 nitrogen and oxygen atoms in total. The predicted octanol–water partition coefficient (Wildman–Crippen LogP) is 2.72. The van der Waals surface area contributed by atoms with Crippen molar-refractivity contribution in [2.75, 3.05) is 0 Å². The van der Waals surface area contributed by atoms with E-state index in [-0.39, 0.29) is 22.2 Å². The van der Waals surface area contributed by atoms with Crippen LogP contribution < -0.4 is 5.32 Å². The van der Waals surface area contributed by atoms with Crippen LogP contribution in [-0.2, 0) is 16.8 Å². The van der Waals surface area contributed by atoms with Gasteiger partial charge in [0.05, 0.1) is 17.8 Å². The molecule has 2 heterocycles. The topological polar surface area (TPSA) is 136 Å². The molecule has 0 saturated heterocycles. The predicted molar refractivity (Wildman–Crippen MR) is 95.7 cm³/mol. The number of carbonyl (C=O) groups excluding carboxylic acids is 1. The summed E-state index contributed by atoms with van der Waals surface area (Å²) >= 11 is 0.398. The number of amides is 1. The van der Waals surface area contributed by atoms with Gasteiger partial charge in [0, 0.05) is 21.8 Å². The number of benzene rings is 1. The molecule has 0 atom stereocenters. The van der Waals surface area contributed by atoms with Crippen molar-refractivity contribution in [3.8, 4) is 6.07 Å². The summed E-state index contributed by atoms with van der Waals surface area (Å²) in [6.45, 7) is 0.0843. The highest BCUT2D eigenvalue weighted by molar-refractivity contribution is 7.53. The lowest BCUT2D eigenvalue weighted by Crippen LogP contribution is -2.23. The van der Waals surface area contributed by atoms with Crippen molar-refractivity contribution >= 4 is 34.9 Å². The van der Waals surface area contributed by atoms with Crippen molar-refractivity contribution in [1.82, 2.24) is 15.5 Å². The molecule has 0 saturated carbocycles. The van der Waals surface area contributed by atoms with Crippen LogP contribution >= 0.6 is 18.9 Å². The fourth-order valence-electron chi connectivity index (χ4n) is 2.39. The third kappa shape index (κ3) is 3.63. The highest BCUT2D eigenvalue weighted by Gasteiger charge is 2.53. The van der Waals surface area contributed by atoms with Crippen molar-refractivity contribution < 1.29 is 27.9 Å². The lowest BCUT2D eigenvalue weighted by Gasteiger charge is -2.16. The van der Waals surface area contributed by atoms with Crippen molar-refractivity contribution in [3.63, 3.8) is 0 Å². The SMILES string of the molecule is N#Cc1c(C(F)(F)P(=O)(O)O)sc2ccc(C(=O)NCc3cccnn3)cc12. The molecule has 0 aliphatic carbocycles. The summed E-state index contributed by atoms with van der Waals surface area (Å²) in [5.41, 5.74) is -4.47. The molecule has 1 aromatic carbocycles. The van der Waals surface area contributed by atoms with Gasteiger partial charge in [0.2, 0.25) is 0 Å². The van der Waals surface area contributed by atoms with E-state index in [1.165, 1.54) is 24.4 Å². The maximum atomic E-state index is 14.1. The van der Waals surface area contributed by atoms with Crippen LogP contribution in [0.1, 0.15) is 26.5 Å². The van der Waals surface area contributed by atoms with E-state index in [0.717, 1.165) is 0 Å². The van der Waals surface area contributed by atoms with Gasteiger partial charge < -0.3 is 15.1 Å². The van der Waals surface area contributed by atoms with E-state index in [0.29, 0.717) is 17.0 Å². The molecule has 3 N–H and O–H groups in total. The van der Waals surface area contributed by atoms with Crippen LogP contribution in [0.15, 0.2) is 36.5 Å². The average Bonchev–Trinajstić information content (AvgIpc) is 3.04. The number of aromatic nitrogens is 2. The number of thiophene rings is 1. The normalized spacial score (nSPS) is 12.0. The molecule has 28 heavy (non-hydrogen) atoms. The van der Waals surface area contributed by atoms with Crippen molar-refractivity contribution in [1.29, 1.82) is 5.26 Å². The lowest BCUT2D eigenvalue weighted by atomic mass is 10.1. The number of fused-ring (bicyclic) bond motifs is 1. The van der Waals surface area contributed by atoms with Gasteiger partial charge in [0.25, 0.3) is 5.91 Å². The van der Waals surface area contributed by atoms with Crippen LogP contribution in [-0.4, -0.2) is 25.9 Å². The third-order valence-corrected chi connectivity index (χ3v) is 6.11. The minimum Gasteiger partial charge on any atom is -0.346 e. The Bertz CT molecular complexity index is 1140. The molecule has 2 aromatic heterocycles. The molecular weight excluding hydrogens is 413 g/mol. The number of nitrogens with one attached hydrogen (secondary N) is 1. The summed E-state index contributed by atoms with van der Waals surface area (Å²) < 4.78 is 39.6. The van der Waals surface area contributed by atoms with E-state index in [9.17, 15) is 23.4 Å². The van der Waals surface area contributed by atoms with E-state index < -0.39 is 29.6 Å². The second kappa shape index (κ2) is 7.33. The van der Waals surface area contributed by atoms with Crippen molar-refractivity contribution in [2.24, 2.45) is 0 Å². The van der Waals surface area contributed by atoms with Crippen LogP contribution in [0.3, 0.4) is 0 Å². The molecule has 0 bridgehead atoms. The lowest BCUT2D eigenvalue weighted by molar-refractivity contribution is 0.0599. The molecule has 0 aliphatic heterocycles. The van der Waals surface area contributed by atoms with Crippen molar-refractivity contribution in [2.45, 2.75) is 12.2 Å². The highest BCUT2D eigenvalue weighted by Crippen LogP contribution is 2.62. The van der Waals surface area contributed by atoms with E-state index >= 15 is 0 Å². The van der Waals surface area contributed by atoms with E-state index in [1.807, 2.05) is 0 Å². The number of alkyl halides is 2. The van der Waals surface area contributed by atoms with Gasteiger partial charge in [-0.05, 0) is 30.3 Å². The Hall–Kier alpha value is -2.77. The van der Waals surface area contributed by atoms with Gasteiger partial charge in [0.15, 0.2) is 0 Å². The van der Waals surface area contributed by atoms with Gasteiger partial charge >= 0.3 is 13.3 Å². The van der Waals surface area contributed by atoms with Gasteiger partial charge in [-0.3, -0.25) is 9.36 Å². The maximum absolute atomic E-state index is 14.1. The zero-order valence-corrected chi connectivity index (χ0v) is 15.5. The largest absolute Gasteiger partial charge is 0.400 e. The van der Waals surface area contributed by atoms with E-state index in [2.05, 4.69) is 15.5 Å². The van der Waals surface area contributed by atoms with E-state index in [1.54, 1.807) is 18.2 Å². The summed E-state index contributed by atoms with van der Waals surface area (Å²) in [5.74, 6) is -0.536. The fraction of sp³-hybridized carbons (Fsp3) is 0.125. The molecule has 0 fully saturated rings. The summed E-state index contributed by atoms with van der Waals surface area (Å²) in [5, 5.41) is 19.4. The Kier molecular flexibility index (Phi) is 5.23. The maximum Gasteiger partial charge on any atom is 0.400 e. The summed E-state index contributed by atoms with van der Waals surface area (Å²) in [7, 11) is -5.83. The second-order valence-electron chi connectivity index (χ2n) is 5.61. The molecule has 1 amide bonds. The molecule has 144 valence electrons. The molecule has 3 rings (SSSR count). The first-order chi connectivity index (χ1) is 13.1. The minimum absolute atomic E-state index is 0.0165. The second-order valence-corrected chi connectivity index (χ2v) is 8.31. The number of hydrogen-bond donors (Lipinski definition) is 3. The number of halogens is 2. The van der Waals surface area contributed by atoms with Gasteiger partial charge in [-0.25, -0.2) is 0 Å². The van der Waals surface area contributed by atoms with Crippen LogP contribution in [0.2, 0.25) is 0 Å². The highest BCUT2D eigenvalue weighted by atomic mass is 32.1. The molecule has 12 heteroatoms. The zero-order valence-electron chi connectivity index (χ0n) is 13.8. The molecule has 0 unspecified atom stereocenters. The number of nitrogens with zero attached hydrogens (tertiary/aromatic N) is 3. The van der Waals surface area contributed by atoms with Crippen molar-refractivity contribution in [3.05, 3.63) is 58.2 Å². The number of nitriles is 1. The summed E-state index contributed by atoms with van der Waals surface area (Å²) in [4.78, 5) is 29.2. The number of hydrogen-bond acceptors (Lipinski definition) is 6. The van der Waals surface area contributed by atoms with Gasteiger partial charge in [-0.15, -0.1) is 11.3 Å². The quantitative estimate of drug-likeness (QED) is 0.536. The third-order valence-electron chi connectivity index (χ3n) is 3.76. The van der Waals surface area contributed by atoms with Gasteiger partial charge in [0.1, 0.15) is 10.9 Å². The Labute approximate surface area is 160 Å². The van der Waals surface area contributed by atoms with E-state index in [4.69, 9.17) is 9.79 Å². The Morgan fingerprint density at radius 3 is 2.71 bits per heavy atom. The van der Waals surface area contributed by atoms with Crippen LogP contribution in [0.5, 0.6) is 0 Å². The molecule has 3 aromatic rings. The Morgan fingerprint density at radius 2 is 2.11 bits per heavy atom. The first-order valence-electron chi connectivity index (χ1n) is 7.60. The fourth-order valence-corrected chi connectivity index (χ4v) is 4.27.